The molecule has 0 spiro atoms. The summed E-state index contributed by atoms with van der Waals surface area (Å²) < 4.78 is 27.1. The molecule has 1 aromatic carbocycles. The van der Waals surface area contributed by atoms with Crippen LogP contribution >= 0.6 is 0 Å². The number of benzene rings is 1. The second-order valence-electron chi connectivity index (χ2n) is 9.75. The summed E-state index contributed by atoms with van der Waals surface area (Å²) in [5, 5.41) is 6.43. The Balaban J connectivity index is 1.61. The molecule has 212 valence electrons. The van der Waals surface area contributed by atoms with E-state index in [4.69, 9.17) is 29.4 Å². The van der Waals surface area contributed by atoms with Gasteiger partial charge < -0.3 is 40.1 Å². The van der Waals surface area contributed by atoms with E-state index in [0.717, 1.165) is 24.1 Å². The molecular weight excluding hydrogens is 506 g/mol. The van der Waals surface area contributed by atoms with Crippen LogP contribution in [0.1, 0.15) is 42.3 Å². The van der Waals surface area contributed by atoms with Crippen LogP contribution in [-0.2, 0) is 28.6 Å². The highest BCUT2D eigenvalue weighted by atomic mass is 16.7. The van der Waals surface area contributed by atoms with E-state index in [1.807, 2.05) is 12.1 Å². The summed E-state index contributed by atoms with van der Waals surface area (Å²) in [7, 11) is 2.78. The monoisotopic (exact) mass is 543 g/mol. The number of methoxy groups -OCH3 is 2. The molecule has 5 unspecified atom stereocenters. The Bertz CT molecular complexity index is 1120. The third-order valence-electron chi connectivity index (χ3n) is 7.40. The van der Waals surface area contributed by atoms with E-state index >= 15 is 0 Å². The van der Waals surface area contributed by atoms with Gasteiger partial charge in [0.2, 0.25) is 18.5 Å². The van der Waals surface area contributed by atoms with E-state index in [-0.39, 0.29) is 37.0 Å². The van der Waals surface area contributed by atoms with Crippen molar-refractivity contribution in [1.29, 1.82) is 0 Å². The molecule has 2 aliphatic heterocycles. The summed E-state index contributed by atoms with van der Waals surface area (Å²) in [5.74, 6) is -1.13. The molecule has 39 heavy (non-hydrogen) atoms. The van der Waals surface area contributed by atoms with Crippen molar-refractivity contribution in [2.45, 2.75) is 37.3 Å². The fraction of sp³-hybridized carbons (Fsp3) is 0.536. The van der Waals surface area contributed by atoms with Gasteiger partial charge in [0.05, 0.1) is 25.7 Å². The number of fused-ring (bicyclic) bond motifs is 3. The molecule has 2 heterocycles. The van der Waals surface area contributed by atoms with Crippen molar-refractivity contribution in [3.63, 3.8) is 0 Å². The molecule has 1 saturated heterocycles. The number of allylic oxidation sites excluding steroid dienone is 1. The topological polar surface area (TPSA) is 147 Å². The molecule has 11 nitrogen and oxygen atoms in total. The molecule has 1 aliphatic carbocycles. The van der Waals surface area contributed by atoms with Crippen molar-refractivity contribution in [3.8, 4) is 11.5 Å². The Hall–Kier alpha value is -3.41. The molecule has 1 aromatic rings. The van der Waals surface area contributed by atoms with Crippen LogP contribution in [0, 0.1) is 11.8 Å². The lowest BCUT2D eigenvalue weighted by Gasteiger charge is -2.38. The van der Waals surface area contributed by atoms with Gasteiger partial charge >= 0.3 is 5.97 Å². The maximum absolute atomic E-state index is 13.0. The first-order chi connectivity index (χ1) is 18.9. The van der Waals surface area contributed by atoms with E-state index in [9.17, 15) is 14.4 Å². The second kappa shape index (κ2) is 13.1. The predicted octanol–water partition coefficient (Wildman–Crippen LogP) is 1.48. The minimum absolute atomic E-state index is 0.0329. The number of nitrogens with one attached hydrogen (secondary N) is 2. The third kappa shape index (κ3) is 6.26. The van der Waals surface area contributed by atoms with Gasteiger partial charge in [-0.05, 0) is 55.7 Å². The first kappa shape index (κ1) is 28.6. The number of cyclic esters (lactones) is 1. The molecule has 4 N–H and O–H groups in total. The number of ether oxygens (including phenoxy) is 5. The van der Waals surface area contributed by atoms with Crippen molar-refractivity contribution >= 4 is 17.7 Å². The fourth-order valence-electron chi connectivity index (χ4n) is 5.36. The van der Waals surface area contributed by atoms with E-state index in [0.29, 0.717) is 37.4 Å². The van der Waals surface area contributed by atoms with Crippen LogP contribution in [0.15, 0.2) is 36.6 Å². The molecule has 5 atom stereocenters. The molecule has 0 radical (unpaired) electrons. The Kier molecular flexibility index (Phi) is 9.60. The van der Waals surface area contributed by atoms with Crippen LogP contribution in [-0.4, -0.2) is 71.0 Å². The zero-order chi connectivity index (χ0) is 27.9. The summed E-state index contributed by atoms with van der Waals surface area (Å²) in [6, 6.07) is 3.25. The normalized spacial score (nSPS) is 23.6. The van der Waals surface area contributed by atoms with Crippen LogP contribution < -0.4 is 25.8 Å². The van der Waals surface area contributed by atoms with Crippen molar-refractivity contribution in [1.82, 2.24) is 10.6 Å². The second-order valence-corrected chi connectivity index (χ2v) is 9.75. The lowest BCUT2D eigenvalue weighted by Crippen LogP contribution is -2.42. The van der Waals surface area contributed by atoms with Crippen molar-refractivity contribution in [2.24, 2.45) is 17.6 Å². The van der Waals surface area contributed by atoms with Crippen LogP contribution in [0.5, 0.6) is 11.5 Å². The van der Waals surface area contributed by atoms with Crippen LogP contribution in [0.4, 0.5) is 0 Å². The number of carbonyl (C=O) groups excluding carboxylic acids is 3. The van der Waals surface area contributed by atoms with E-state index in [1.54, 1.807) is 12.2 Å². The van der Waals surface area contributed by atoms with Gasteiger partial charge in [-0.15, -0.1) is 0 Å². The predicted molar refractivity (Wildman–Crippen MR) is 141 cm³/mol. The number of rotatable bonds is 14. The average Bonchev–Trinajstić information content (AvgIpc) is 3.56. The zero-order valence-electron chi connectivity index (χ0n) is 22.4. The summed E-state index contributed by atoms with van der Waals surface area (Å²) in [4.78, 5) is 38.6. The number of hydrogen-bond acceptors (Lipinski definition) is 10. The Morgan fingerprint density at radius 3 is 2.56 bits per heavy atom. The Morgan fingerprint density at radius 2 is 1.87 bits per heavy atom. The third-order valence-corrected chi connectivity index (χ3v) is 7.40. The lowest BCUT2D eigenvalue weighted by atomic mass is 9.67. The molecular formula is C28H37N3O8. The highest BCUT2D eigenvalue weighted by Crippen LogP contribution is 2.52. The van der Waals surface area contributed by atoms with Gasteiger partial charge in [0.1, 0.15) is 6.10 Å². The van der Waals surface area contributed by atoms with E-state index in [1.165, 1.54) is 14.2 Å². The quantitative estimate of drug-likeness (QED) is 0.104. The highest BCUT2D eigenvalue weighted by Gasteiger charge is 2.51. The van der Waals surface area contributed by atoms with Gasteiger partial charge in [0.25, 0.3) is 0 Å². The zero-order valence-corrected chi connectivity index (χ0v) is 22.4. The summed E-state index contributed by atoms with van der Waals surface area (Å²) in [5.41, 5.74) is 7.13. The molecule has 0 aromatic heterocycles. The SMILES string of the molecule is C=C(OC)C(=O)C(C=CC1c2cc3c(cc2C(NC(=O)CCCNCCCN)C2COC(=O)C12)OCO3)OC. The molecule has 1 amide bonds. The fourth-order valence-corrected chi connectivity index (χ4v) is 5.36. The van der Waals surface area contributed by atoms with Crippen molar-refractivity contribution < 1.29 is 38.1 Å². The number of nitrogens with two attached hydrogens (primary N) is 1. The maximum Gasteiger partial charge on any atom is 0.310 e. The average molecular weight is 544 g/mol. The number of ketones is 1. The molecule has 3 aliphatic rings. The smallest absolute Gasteiger partial charge is 0.310 e. The minimum atomic E-state index is -0.943. The molecule has 0 saturated carbocycles. The largest absolute Gasteiger partial charge is 0.494 e. The summed E-state index contributed by atoms with van der Waals surface area (Å²) in [6.07, 6.45) is 4.33. The highest BCUT2D eigenvalue weighted by molar-refractivity contribution is 5.97. The van der Waals surface area contributed by atoms with Gasteiger partial charge in [-0.1, -0.05) is 18.7 Å². The van der Waals surface area contributed by atoms with Gasteiger partial charge in [-0.25, -0.2) is 0 Å². The van der Waals surface area contributed by atoms with Gasteiger partial charge in [0, 0.05) is 25.4 Å². The van der Waals surface area contributed by atoms with Crippen LogP contribution in [0.25, 0.3) is 0 Å². The Labute approximate surface area is 228 Å². The molecule has 4 rings (SSSR count). The van der Waals surface area contributed by atoms with Gasteiger partial charge in [-0.2, -0.15) is 0 Å². The van der Waals surface area contributed by atoms with E-state index in [2.05, 4.69) is 17.2 Å². The first-order valence-electron chi connectivity index (χ1n) is 13.2. The maximum atomic E-state index is 13.0. The lowest BCUT2D eigenvalue weighted by molar-refractivity contribution is -0.141. The van der Waals surface area contributed by atoms with Gasteiger partial charge in [-0.3, -0.25) is 14.4 Å². The summed E-state index contributed by atoms with van der Waals surface area (Å²) >= 11 is 0. The number of esters is 1. The Morgan fingerprint density at radius 1 is 1.15 bits per heavy atom. The standard InChI is InChI=1S/C28H37N3O8/c1-16(35-2)27(33)21(36-3)8-7-17-18-12-22-23(39-15-38-22)13-19(18)26(20-14-37-28(34)25(17)20)31-24(32)6-4-10-30-11-5-9-29/h7-8,12-13,17,20-21,25-26,30H,1,4-6,9-11,14-15,29H2,2-3H3,(H,31,32). The molecule has 0 bridgehead atoms. The molecule has 11 heteroatoms. The first-order valence-corrected chi connectivity index (χ1v) is 13.2. The number of hydrogen-bond donors (Lipinski definition) is 3. The molecule has 1 fully saturated rings. The number of amides is 1. The summed E-state index contributed by atoms with van der Waals surface area (Å²) in [6.45, 7) is 6.01. The van der Waals surface area contributed by atoms with Crippen LogP contribution in [0.3, 0.4) is 0 Å². The van der Waals surface area contributed by atoms with Crippen molar-refractivity contribution in [2.75, 3.05) is 47.3 Å². The number of carbonyl (C=O) groups is 3. The minimum Gasteiger partial charge on any atom is -0.494 e. The van der Waals surface area contributed by atoms with Crippen LogP contribution in [0.2, 0.25) is 0 Å². The van der Waals surface area contributed by atoms with Gasteiger partial charge in [0.15, 0.2) is 17.3 Å². The number of Topliss-reactive ketones (excluding diaryl/α,β-unsaturated/α-hetero) is 1. The van der Waals surface area contributed by atoms with Crippen molar-refractivity contribution in [3.05, 3.63) is 47.7 Å². The van der Waals surface area contributed by atoms with E-state index < -0.39 is 29.8 Å².